The van der Waals surface area contributed by atoms with E-state index in [-0.39, 0.29) is 17.3 Å². The smallest absolute Gasteiger partial charge is 0.264 e. The number of anilines is 2. The summed E-state index contributed by atoms with van der Waals surface area (Å²) in [6.45, 7) is 2.48. The highest BCUT2D eigenvalue weighted by Gasteiger charge is 2.30. The van der Waals surface area contributed by atoms with E-state index in [1.807, 2.05) is 43.3 Å². The molecule has 10 heteroatoms. The molecule has 0 aliphatic carbocycles. The van der Waals surface area contributed by atoms with Crippen LogP contribution in [-0.4, -0.2) is 25.9 Å². The second kappa shape index (κ2) is 10.1. The molecule has 3 heterocycles. The van der Waals surface area contributed by atoms with Crippen LogP contribution in [0.1, 0.15) is 33.7 Å². The summed E-state index contributed by atoms with van der Waals surface area (Å²) in [5.74, 6) is 0.279. The van der Waals surface area contributed by atoms with Gasteiger partial charge in [-0.1, -0.05) is 41.1 Å². The Bertz CT molecular complexity index is 1780. The average molecular weight is 578 g/mol. The van der Waals surface area contributed by atoms with Gasteiger partial charge in [-0.25, -0.2) is 13.4 Å². The highest BCUT2D eigenvalue weighted by atomic mass is 35.5. The van der Waals surface area contributed by atoms with Crippen molar-refractivity contribution in [2.24, 2.45) is 0 Å². The zero-order valence-electron chi connectivity index (χ0n) is 21.0. The van der Waals surface area contributed by atoms with Crippen LogP contribution in [0.4, 0.5) is 10.8 Å². The number of hydrogen-bond acceptors (Lipinski definition) is 6. The van der Waals surface area contributed by atoms with Gasteiger partial charge in [0.05, 0.1) is 33.6 Å². The molecule has 1 aliphatic heterocycles. The molecule has 0 saturated heterocycles. The molecule has 0 radical (unpaired) electrons. The highest BCUT2D eigenvalue weighted by molar-refractivity contribution is 7.92. The first-order chi connectivity index (χ1) is 18.8. The summed E-state index contributed by atoms with van der Waals surface area (Å²) in [5.41, 5.74) is 3.65. The largest absolute Gasteiger partial charge is 0.467 e. The van der Waals surface area contributed by atoms with E-state index in [1.165, 1.54) is 27.8 Å². The number of fused-ring (bicyclic) bond motifs is 2. The number of nitrogens with zero attached hydrogens (tertiary/aromatic N) is 3. The summed E-state index contributed by atoms with van der Waals surface area (Å²) in [6, 6.07) is 20.9. The molecule has 0 saturated carbocycles. The van der Waals surface area contributed by atoms with Gasteiger partial charge in [0.25, 0.3) is 15.9 Å². The van der Waals surface area contributed by atoms with Crippen molar-refractivity contribution >= 4 is 59.9 Å². The molecule has 0 fully saturated rings. The molecular weight excluding hydrogens is 554 g/mol. The number of amides is 1. The van der Waals surface area contributed by atoms with Crippen molar-refractivity contribution in [1.29, 1.82) is 0 Å². The molecule has 6 rings (SSSR count). The number of sulfonamides is 1. The van der Waals surface area contributed by atoms with E-state index in [1.54, 1.807) is 35.4 Å². The zero-order chi connectivity index (χ0) is 27.1. The zero-order valence-corrected chi connectivity index (χ0v) is 23.4. The van der Waals surface area contributed by atoms with E-state index in [2.05, 4.69) is 0 Å². The molecule has 1 amide bonds. The van der Waals surface area contributed by atoms with Crippen molar-refractivity contribution in [2.75, 3.05) is 15.7 Å². The maximum atomic E-state index is 13.8. The van der Waals surface area contributed by atoms with Crippen LogP contribution >= 0.6 is 22.9 Å². The number of aryl methyl sites for hydroxylation is 2. The van der Waals surface area contributed by atoms with Crippen LogP contribution in [0.25, 0.3) is 10.2 Å². The summed E-state index contributed by atoms with van der Waals surface area (Å²) in [6.07, 6.45) is 3.15. The number of carbonyl (C=O) groups excluding carboxylic acids is 1. The van der Waals surface area contributed by atoms with Crippen LogP contribution in [0.5, 0.6) is 0 Å². The van der Waals surface area contributed by atoms with Crippen LogP contribution < -0.4 is 9.21 Å². The second-order valence-corrected chi connectivity index (χ2v) is 12.6. The van der Waals surface area contributed by atoms with Gasteiger partial charge in [0, 0.05) is 17.1 Å². The Balaban J connectivity index is 1.33. The lowest BCUT2D eigenvalue weighted by Crippen LogP contribution is -2.35. The molecule has 2 aromatic heterocycles. The number of halogens is 1. The molecule has 3 aromatic carbocycles. The van der Waals surface area contributed by atoms with Gasteiger partial charge < -0.3 is 4.42 Å². The number of benzene rings is 3. The van der Waals surface area contributed by atoms with E-state index < -0.39 is 10.0 Å². The third kappa shape index (κ3) is 4.71. The summed E-state index contributed by atoms with van der Waals surface area (Å²) in [7, 11) is -3.79. The van der Waals surface area contributed by atoms with Crippen LogP contribution in [-0.2, 0) is 23.0 Å². The molecule has 1 aliphatic rings. The Labute approximate surface area is 235 Å². The van der Waals surface area contributed by atoms with Gasteiger partial charge in [0.1, 0.15) is 5.76 Å². The van der Waals surface area contributed by atoms with Crippen LogP contribution in [0.2, 0.25) is 5.02 Å². The summed E-state index contributed by atoms with van der Waals surface area (Å²) < 4.78 is 35.0. The van der Waals surface area contributed by atoms with Gasteiger partial charge in [0.2, 0.25) is 0 Å². The summed E-state index contributed by atoms with van der Waals surface area (Å²) >= 11 is 7.69. The van der Waals surface area contributed by atoms with Gasteiger partial charge in [-0.3, -0.25) is 14.0 Å². The second-order valence-electron chi connectivity index (χ2n) is 9.32. The Morgan fingerprint density at radius 2 is 1.87 bits per heavy atom. The van der Waals surface area contributed by atoms with Crippen LogP contribution in [0, 0.1) is 6.92 Å². The Hall–Kier alpha value is -3.66. The van der Waals surface area contributed by atoms with Crippen molar-refractivity contribution in [3.8, 4) is 0 Å². The maximum absolute atomic E-state index is 13.8. The number of carbonyl (C=O) groups is 1. The lowest BCUT2D eigenvalue weighted by Gasteiger charge is -2.30. The Morgan fingerprint density at radius 3 is 2.64 bits per heavy atom. The van der Waals surface area contributed by atoms with Crippen molar-refractivity contribution in [3.05, 3.63) is 107 Å². The van der Waals surface area contributed by atoms with E-state index in [9.17, 15) is 13.2 Å². The van der Waals surface area contributed by atoms with Gasteiger partial charge in [-0.15, -0.1) is 0 Å². The first-order valence-electron chi connectivity index (χ1n) is 12.4. The van der Waals surface area contributed by atoms with Gasteiger partial charge in [-0.2, -0.15) is 0 Å². The monoisotopic (exact) mass is 577 g/mol. The van der Waals surface area contributed by atoms with E-state index in [0.717, 1.165) is 34.2 Å². The van der Waals surface area contributed by atoms with Crippen molar-refractivity contribution < 1.29 is 17.6 Å². The number of hydrogen-bond donors (Lipinski definition) is 0. The average Bonchev–Trinajstić information content (AvgIpc) is 3.63. The Kier molecular flexibility index (Phi) is 6.66. The fourth-order valence-electron chi connectivity index (χ4n) is 4.79. The standard InChI is InChI=1S/C29H24ClN3O4S2/c1-19-24(30)14-15-26-27(19)31-29(38-26)32(18-22-8-5-17-37-22)28(34)21-10-12-23(13-11-21)39(35,36)33-16-4-7-20-6-2-3-9-25(20)33/h2-3,5-6,8-15,17H,4,7,16,18H2,1H3. The van der Waals surface area contributed by atoms with E-state index >= 15 is 0 Å². The number of aromatic nitrogens is 1. The minimum absolute atomic E-state index is 0.138. The lowest BCUT2D eigenvalue weighted by molar-refractivity contribution is 0.0983. The topological polar surface area (TPSA) is 83.7 Å². The van der Waals surface area contributed by atoms with Crippen LogP contribution in [0.15, 0.2) is 88.4 Å². The van der Waals surface area contributed by atoms with Crippen molar-refractivity contribution in [2.45, 2.75) is 31.2 Å². The summed E-state index contributed by atoms with van der Waals surface area (Å²) in [5, 5.41) is 1.11. The third-order valence-corrected chi connectivity index (χ3v) is 10.1. The minimum Gasteiger partial charge on any atom is -0.467 e. The third-order valence-electron chi connectivity index (χ3n) is 6.86. The molecule has 0 atom stereocenters. The predicted octanol–water partition coefficient (Wildman–Crippen LogP) is 6.84. The number of furan rings is 1. The summed E-state index contributed by atoms with van der Waals surface area (Å²) in [4.78, 5) is 20.2. The highest BCUT2D eigenvalue weighted by Crippen LogP contribution is 2.35. The maximum Gasteiger partial charge on any atom is 0.264 e. The quantitative estimate of drug-likeness (QED) is 0.221. The van der Waals surface area contributed by atoms with Crippen molar-refractivity contribution in [3.63, 3.8) is 0 Å². The van der Waals surface area contributed by atoms with Gasteiger partial charge in [-0.05, 0) is 85.5 Å². The fraction of sp³-hybridized carbons (Fsp3) is 0.172. The minimum atomic E-state index is -3.79. The molecule has 0 bridgehead atoms. The fourth-order valence-corrected chi connectivity index (χ4v) is 7.51. The molecule has 39 heavy (non-hydrogen) atoms. The predicted molar refractivity (Wildman–Crippen MR) is 154 cm³/mol. The number of thiazole rings is 1. The normalized spacial score (nSPS) is 13.4. The molecule has 0 N–H and O–H groups in total. The lowest BCUT2D eigenvalue weighted by atomic mass is 10.0. The molecule has 7 nitrogen and oxygen atoms in total. The molecule has 5 aromatic rings. The SMILES string of the molecule is Cc1c(Cl)ccc2sc(N(Cc3ccco3)C(=O)c3ccc(S(=O)(=O)N4CCCc5ccccc54)cc3)nc12. The Morgan fingerprint density at radius 1 is 1.08 bits per heavy atom. The number of rotatable bonds is 6. The molecule has 0 unspecified atom stereocenters. The van der Waals surface area contributed by atoms with E-state index in [0.29, 0.717) is 33.7 Å². The number of para-hydroxylation sites is 1. The first kappa shape index (κ1) is 25.6. The molecular formula is C29H24ClN3O4S2. The van der Waals surface area contributed by atoms with Gasteiger partial charge in [0.15, 0.2) is 5.13 Å². The van der Waals surface area contributed by atoms with Crippen LogP contribution in [0.3, 0.4) is 0 Å². The van der Waals surface area contributed by atoms with Gasteiger partial charge >= 0.3 is 0 Å². The molecule has 198 valence electrons. The first-order valence-corrected chi connectivity index (χ1v) is 15.1. The van der Waals surface area contributed by atoms with Crippen molar-refractivity contribution in [1.82, 2.24) is 4.98 Å². The van der Waals surface area contributed by atoms with E-state index in [4.69, 9.17) is 21.0 Å². The molecule has 0 spiro atoms.